The molecular weight excluding hydrogens is 497 g/mol. The molecule has 1 N–H and O–H groups in total. The molecule has 1 aliphatic rings. The number of hydrogen-bond acceptors (Lipinski definition) is 3. The fourth-order valence-electron chi connectivity index (χ4n) is 2.92. The van der Waals surface area contributed by atoms with Gasteiger partial charge in [-0.3, -0.25) is 4.79 Å². The summed E-state index contributed by atoms with van der Waals surface area (Å²) in [6.07, 6.45) is 0.461. The summed E-state index contributed by atoms with van der Waals surface area (Å²) in [6, 6.07) is 6.27. The van der Waals surface area contributed by atoms with E-state index in [1.54, 1.807) is 25.4 Å². The Morgan fingerprint density at radius 2 is 2.14 bits per heavy atom. The van der Waals surface area contributed by atoms with Crippen molar-refractivity contribution in [2.45, 2.75) is 19.5 Å². The zero-order valence-corrected chi connectivity index (χ0v) is 18.9. The Kier molecular flexibility index (Phi) is 8.17. The number of hydrogen-bond donors (Lipinski definition) is 1. The average molecular weight is 520 g/mol. The highest BCUT2D eigenvalue weighted by Crippen LogP contribution is 2.23. The largest absolute Gasteiger partial charge is 0.351 e. The van der Waals surface area contributed by atoms with Crippen LogP contribution in [0, 0.1) is 11.6 Å². The number of carbonyl (C=O) groups is 1. The Labute approximate surface area is 184 Å². The molecule has 0 spiro atoms. The zero-order valence-electron chi connectivity index (χ0n) is 15.7. The molecule has 1 aromatic heterocycles. The number of thiophene rings is 1. The number of carbonyl (C=O) groups excluding carboxylic acids is 1. The predicted octanol–water partition coefficient (Wildman–Crippen LogP) is 3.24. The Balaban J connectivity index is 0.00000280. The van der Waals surface area contributed by atoms with Crippen LogP contribution in [0.2, 0.25) is 0 Å². The van der Waals surface area contributed by atoms with Crippen molar-refractivity contribution in [3.8, 4) is 0 Å². The number of rotatable bonds is 4. The van der Waals surface area contributed by atoms with Crippen LogP contribution in [0.5, 0.6) is 0 Å². The molecule has 2 aromatic rings. The number of likely N-dealkylation sites (N-methyl/N-ethyl adjacent to an activating group) is 1. The van der Waals surface area contributed by atoms with E-state index < -0.39 is 11.6 Å². The summed E-state index contributed by atoms with van der Waals surface area (Å²) in [4.78, 5) is 20.9. The van der Waals surface area contributed by atoms with Crippen LogP contribution < -0.4 is 5.32 Å². The lowest BCUT2D eigenvalue weighted by molar-refractivity contribution is -0.127. The van der Waals surface area contributed by atoms with E-state index in [4.69, 9.17) is 0 Å². The third-order valence-corrected chi connectivity index (χ3v) is 5.29. The van der Waals surface area contributed by atoms with Crippen molar-refractivity contribution in [3.63, 3.8) is 0 Å². The second-order valence-corrected chi connectivity index (χ2v) is 7.59. The lowest BCUT2D eigenvalue weighted by Crippen LogP contribution is -2.44. The third kappa shape index (κ3) is 5.63. The van der Waals surface area contributed by atoms with Gasteiger partial charge in [0.15, 0.2) is 5.96 Å². The van der Waals surface area contributed by atoms with Crippen LogP contribution in [0.15, 0.2) is 34.6 Å². The molecular formula is C19H23F2IN4OS. The van der Waals surface area contributed by atoms with Gasteiger partial charge in [0.05, 0.1) is 6.54 Å². The highest BCUT2D eigenvalue weighted by Gasteiger charge is 2.23. The highest BCUT2D eigenvalue weighted by molar-refractivity contribution is 14.0. The van der Waals surface area contributed by atoms with Gasteiger partial charge >= 0.3 is 0 Å². The van der Waals surface area contributed by atoms with Crippen molar-refractivity contribution in [2.24, 2.45) is 4.99 Å². The molecule has 0 fully saturated rings. The van der Waals surface area contributed by atoms with E-state index in [1.165, 1.54) is 11.0 Å². The van der Waals surface area contributed by atoms with Gasteiger partial charge in [-0.2, -0.15) is 0 Å². The normalized spacial score (nSPS) is 13.6. The van der Waals surface area contributed by atoms with Crippen LogP contribution in [0.1, 0.15) is 16.0 Å². The summed E-state index contributed by atoms with van der Waals surface area (Å²) >= 11 is 1.62. The zero-order chi connectivity index (χ0) is 19.4. The maximum Gasteiger partial charge on any atom is 0.243 e. The molecule has 152 valence electrons. The number of amides is 1. The number of guanidine groups is 1. The van der Waals surface area contributed by atoms with Crippen LogP contribution >= 0.6 is 35.3 Å². The maximum atomic E-state index is 14.0. The van der Waals surface area contributed by atoms with Crippen molar-refractivity contribution in [2.75, 3.05) is 27.2 Å². The van der Waals surface area contributed by atoms with Gasteiger partial charge in [0.25, 0.3) is 0 Å². The summed E-state index contributed by atoms with van der Waals surface area (Å²) in [5, 5.41) is 5.27. The smallest absolute Gasteiger partial charge is 0.243 e. The molecule has 9 heteroatoms. The topological polar surface area (TPSA) is 47.9 Å². The molecule has 5 nitrogen and oxygen atoms in total. The number of fused-ring (bicyclic) bond motifs is 1. The van der Waals surface area contributed by atoms with Crippen molar-refractivity contribution in [1.82, 2.24) is 15.1 Å². The SMILES string of the molecule is CN(C)C(=O)CN=C(NCc1cccs1)N1CCc2c(F)cc(F)cc2C1.I. The standard InChI is InChI=1S/C19H22F2N4OS.HI/c1-24(2)18(26)11-23-19(22-10-15-4-3-7-27-15)25-6-5-16-13(12-25)8-14(20)9-17(16)21;/h3-4,7-9H,5-6,10-12H2,1-2H3,(H,22,23);1H. The Hall–Kier alpha value is -1.75. The molecule has 0 unspecified atom stereocenters. The maximum absolute atomic E-state index is 14.0. The van der Waals surface area contributed by atoms with Crippen LogP contribution in [-0.2, 0) is 24.3 Å². The molecule has 2 heterocycles. The molecule has 0 aliphatic carbocycles. The minimum Gasteiger partial charge on any atom is -0.351 e. The summed E-state index contributed by atoms with van der Waals surface area (Å²) in [6.45, 7) is 1.48. The van der Waals surface area contributed by atoms with Gasteiger partial charge < -0.3 is 15.1 Å². The van der Waals surface area contributed by atoms with E-state index in [1.807, 2.05) is 22.4 Å². The summed E-state index contributed by atoms with van der Waals surface area (Å²) in [7, 11) is 3.36. The monoisotopic (exact) mass is 520 g/mol. The van der Waals surface area contributed by atoms with Crippen LogP contribution in [0.3, 0.4) is 0 Å². The minimum absolute atomic E-state index is 0. The average Bonchev–Trinajstić information content (AvgIpc) is 3.14. The lowest BCUT2D eigenvalue weighted by atomic mass is 9.99. The molecule has 0 bridgehead atoms. The van der Waals surface area contributed by atoms with Gasteiger partial charge in [-0.1, -0.05) is 6.07 Å². The molecule has 0 saturated heterocycles. The van der Waals surface area contributed by atoms with E-state index in [9.17, 15) is 13.6 Å². The van der Waals surface area contributed by atoms with E-state index in [2.05, 4.69) is 10.3 Å². The van der Waals surface area contributed by atoms with Crippen molar-refractivity contribution < 1.29 is 13.6 Å². The number of nitrogens with one attached hydrogen (secondary N) is 1. The second-order valence-electron chi connectivity index (χ2n) is 6.56. The van der Waals surface area contributed by atoms with E-state index in [0.29, 0.717) is 43.1 Å². The Morgan fingerprint density at radius 1 is 1.36 bits per heavy atom. The fraction of sp³-hybridized carbons (Fsp3) is 0.368. The summed E-state index contributed by atoms with van der Waals surface area (Å²) in [5.74, 6) is -0.632. The molecule has 1 amide bonds. The number of halogens is 3. The first kappa shape index (κ1) is 22.5. The quantitative estimate of drug-likeness (QED) is 0.383. The van der Waals surface area contributed by atoms with Crippen LogP contribution in [0.4, 0.5) is 8.78 Å². The fourth-order valence-corrected chi connectivity index (χ4v) is 3.57. The van der Waals surface area contributed by atoms with Gasteiger partial charge in [-0.05, 0) is 35.1 Å². The minimum atomic E-state index is -0.582. The first-order valence-electron chi connectivity index (χ1n) is 8.66. The van der Waals surface area contributed by atoms with E-state index in [0.717, 1.165) is 10.9 Å². The van der Waals surface area contributed by atoms with E-state index in [-0.39, 0.29) is 36.4 Å². The van der Waals surface area contributed by atoms with Gasteiger partial charge in [0.2, 0.25) is 5.91 Å². The van der Waals surface area contributed by atoms with E-state index >= 15 is 0 Å². The number of benzene rings is 1. The molecule has 3 rings (SSSR count). The van der Waals surface area contributed by atoms with Crippen molar-refractivity contribution >= 4 is 47.2 Å². The number of nitrogens with zero attached hydrogens (tertiary/aromatic N) is 3. The molecule has 0 atom stereocenters. The highest BCUT2D eigenvalue weighted by atomic mass is 127. The van der Waals surface area contributed by atoms with Gasteiger partial charge in [-0.15, -0.1) is 35.3 Å². The Bertz CT molecular complexity index is 843. The van der Waals surface area contributed by atoms with Crippen LogP contribution in [0.25, 0.3) is 0 Å². The molecule has 1 aliphatic heterocycles. The van der Waals surface area contributed by atoms with Crippen molar-refractivity contribution in [3.05, 3.63) is 57.3 Å². The predicted molar refractivity (Wildman–Crippen MR) is 118 cm³/mol. The first-order valence-corrected chi connectivity index (χ1v) is 9.54. The molecule has 28 heavy (non-hydrogen) atoms. The third-order valence-electron chi connectivity index (χ3n) is 4.41. The first-order chi connectivity index (χ1) is 12.9. The summed E-state index contributed by atoms with van der Waals surface area (Å²) in [5.41, 5.74) is 1.16. The number of aliphatic imine (C=N–C) groups is 1. The molecule has 0 saturated carbocycles. The van der Waals surface area contributed by atoms with Crippen molar-refractivity contribution in [1.29, 1.82) is 0 Å². The summed E-state index contributed by atoms with van der Waals surface area (Å²) < 4.78 is 27.6. The molecule has 0 radical (unpaired) electrons. The molecule has 1 aromatic carbocycles. The van der Waals surface area contributed by atoms with Gasteiger partial charge in [-0.25, -0.2) is 13.8 Å². The lowest BCUT2D eigenvalue weighted by Gasteiger charge is -2.32. The van der Waals surface area contributed by atoms with Crippen LogP contribution in [-0.4, -0.2) is 48.9 Å². The van der Waals surface area contributed by atoms with Gasteiger partial charge in [0, 0.05) is 38.1 Å². The van der Waals surface area contributed by atoms with Gasteiger partial charge in [0.1, 0.15) is 18.2 Å². The second kappa shape index (κ2) is 10.1. The Morgan fingerprint density at radius 3 is 2.82 bits per heavy atom.